The Morgan fingerprint density at radius 3 is 2.35 bits per heavy atom. The number of nitrogens with two attached hydrogens (primary N) is 1. The minimum atomic E-state index is 0.800. The van der Waals surface area contributed by atoms with Gasteiger partial charge in [-0.2, -0.15) is 0 Å². The van der Waals surface area contributed by atoms with Crippen LogP contribution in [0.4, 0.5) is 11.4 Å². The summed E-state index contributed by atoms with van der Waals surface area (Å²) in [6.45, 7) is 5.02. The number of benzene rings is 2. The molecule has 0 aliphatic carbocycles. The summed E-state index contributed by atoms with van der Waals surface area (Å²) in [4.78, 5) is 0. The Labute approximate surface area is 102 Å². The molecule has 0 fully saturated rings. The van der Waals surface area contributed by atoms with E-state index < -0.39 is 0 Å². The van der Waals surface area contributed by atoms with E-state index in [1.54, 1.807) is 0 Å². The van der Waals surface area contributed by atoms with E-state index in [-0.39, 0.29) is 0 Å². The Hall–Kier alpha value is -1.96. The molecule has 2 aromatic rings. The van der Waals surface area contributed by atoms with E-state index in [4.69, 9.17) is 5.73 Å². The zero-order chi connectivity index (χ0) is 12.3. The van der Waals surface area contributed by atoms with Gasteiger partial charge in [-0.3, -0.25) is 0 Å². The molecule has 2 heteroatoms. The van der Waals surface area contributed by atoms with Crippen molar-refractivity contribution in [3.63, 3.8) is 0 Å². The van der Waals surface area contributed by atoms with Crippen LogP contribution >= 0.6 is 0 Å². The smallest absolute Gasteiger partial charge is 0.0401 e. The predicted molar refractivity (Wildman–Crippen MR) is 74.1 cm³/mol. The van der Waals surface area contributed by atoms with Crippen LogP contribution in [0.15, 0.2) is 42.5 Å². The second kappa shape index (κ2) is 4.91. The zero-order valence-electron chi connectivity index (χ0n) is 10.3. The van der Waals surface area contributed by atoms with Crippen LogP contribution in [-0.2, 0) is 6.54 Å². The first-order valence-electron chi connectivity index (χ1n) is 5.80. The molecule has 0 aliphatic heterocycles. The average Bonchev–Trinajstić information content (AvgIpc) is 2.25. The van der Waals surface area contributed by atoms with Crippen molar-refractivity contribution in [2.24, 2.45) is 0 Å². The first kappa shape index (κ1) is 11.5. The highest BCUT2D eigenvalue weighted by Crippen LogP contribution is 2.15. The normalized spacial score (nSPS) is 10.2. The Balaban J connectivity index is 2.07. The summed E-state index contributed by atoms with van der Waals surface area (Å²) in [6.07, 6.45) is 0. The molecule has 2 nitrogen and oxygen atoms in total. The SMILES string of the molecule is Cc1cc(C)cc(NCc2cccc(N)c2)c1. The van der Waals surface area contributed by atoms with Gasteiger partial charge in [0.25, 0.3) is 0 Å². The monoisotopic (exact) mass is 226 g/mol. The summed E-state index contributed by atoms with van der Waals surface area (Å²) >= 11 is 0. The maximum atomic E-state index is 5.75. The first-order valence-corrected chi connectivity index (χ1v) is 5.80. The summed E-state index contributed by atoms with van der Waals surface area (Å²) in [6, 6.07) is 14.4. The lowest BCUT2D eigenvalue weighted by atomic mass is 10.1. The molecule has 0 spiro atoms. The lowest BCUT2D eigenvalue weighted by Crippen LogP contribution is -2.00. The lowest BCUT2D eigenvalue weighted by molar-refractivity contribution is 1.14. The lowest BCUT2D eigenvalue weighted by Gasteiger charge is -2.09. The maximum absolute atomic E-state index is 5.75. The standard InChI is InChI=1S/C15H18N2/c1-11-6-12(2)8-15(7-11)17-10-13-4-3-5-14(16)9-13/h3-9,17H,10,16H2,1-2H3. The highest BCUT2D eigenvalue weighted by Gasteiger charge is 1.97. The number of rotatable bonds is 3. The van der Waals surface area contributed by atoms with E-state index in [9.17, 15) is 0 Å². The van der Waals surface area contributed by atoms with Crippen LogP contribution < -0.4 is 11.1 Å². The van der Waals surface area contributed by atoms with Gasteiger partial charge in [0.1, 0.15) is 0 Å². The van der Waals surface area contributed by atoms with Crippen LogP contribution in [0.3, 0.4) is 0 Å². The van der Waals surface area contributed by atoms with Gasteiger partial charge in [-0.05, 0) is 54.8 Å². The second-order valence-corrected chi connectivity index (χ2v) is 4.47. The maximum Gasteiger partial charge on any atom is 0.0401 e. The average molecular weight is 226 g/mol. The van der Waals surface area contributed by atoms with Crippen LogP contribution in [0, 0.1) is 13.8 Å². The van der Waals surface area contributed by atoms with Crippen molar-refractivity contribution in [3.05, 3.63) is 59.2 Å². The molecule has 0 aliphatic rings. The highest BCUT2D eigenvalue weighted by molar-refractivity contribution is 5.49. The number of hydrogen-bond acceptors (Lipinski definition) is 2. The zero-order valence-corrected chi connectivity index (χ0v) is 10.3. The number of nitrogens with one attached hydrogen (secondary N) is 1. The Kier molecular flexibility index (Phi) is 3.33. The highest BCUT2D eigenvalue weighted by atomic mass is 14.9. The van der Waals surface area contributed by atoms with Crippen LogP contribution in [0.2, 0.25) is 0 Å². The third-order valence-corrected chi connectivity index (χ3v) is 2.67. The van der Waals surface area contributed by atoms with Crippen LogP contribution in [0.25, 0.3) is 0 Å². The van der Waals surface area contributed by atoms with E-state index in [1.807, 2.05) is 18.2 Å². The molecule has 0 saturated heterocycles. The topological polar surface area (TPSA) is 38.0 Å². The van der Waals surface area contributed by atoms with Gasteiger partial charge in [0, 0.05) is 17.9 Å². The van der Waals surface area contributed by atoms with Gasteiger partial charge in [-0.15, -0.1) is 0 Å². The molecule has 0 bridgehead atoms. The van der Waals surface area contributed by atoms with Gasteiger partial charge in [0.2, 0.25) is 0 Å². The van der Waals surface area contributed by atoms with E-state index in [0.717, 1.165) is 17.9 Å². The van der Waals surface area contributed by atoms with E-state index in [0.29, 0.717) is 0 Å². The molecule has 0 atom stereocenters. The molecule has 2 aromatic carbocycles. The molecular weight excluding hydrogens is 208 g/mol. The van der Waals surface area contributed by atoms with Gasteiger partial charge < -0.3 is 11.1 Å². The van der Waals surface area contributed by atoms with E-state index >= 15 is 0 Å². The van der Waals surface area contributed by atoms with Gasteiger partial charge >= 0.3 is 0 Å². The summed E-state index contributed by atoms with van der Waals surface area (Å²) in [5, 5.41) is 3.41. The largest absolute Gasteiger partial charge is 0.399 e. The van der Waals surface area contributed by atoms with Crippen molar-refractivity contribution in [1.29, 1.82) is 0 Å². The minimum Gasteiger partial charge on any atom is -0.399 e. The molecule has 3 N–H and O–H groups in total. The van der Waals surface area contributed by atoms with Gasteiger partial charge in [-0.1, -0.05) is 18.2 Å². The molecular formula is C15H18N2. The number of hydrogen-bond donors (Lipinski definition) is 2. The predicted octanol–water partition coefficient (Wildman–Crippen LogP) is 3.50. The number of aryl methyl sites for hydroxylation is 2. The second-order valence-electron chi connectivity index (χ2n) is 4.47. The number of nitrogen functional groups attached to an aromatic ring is 1. The van der Waals surface area contributed by atoms with Crippen molar-refractivity contribution in [2.75, 3.05) is 11.1 Å². The summed E-state index contributed by atoms with van der Waals surface area (Å²) in [7, 11) is 0. The summed E-state index contributed by atoms with van der Waals surface area (Å²) < 4.78 is 0. The minimum absolute atomic E-state index is 0.800. The molecule has 0 radical (unpaired) electrons. The first-order chi connectivity index (χ1) is 8.13. The van der Waals surface area contributed by atoms with Gasteiger partial charge in [0.05, 0.1) is 0 Å². The van der Waals surface area contributed by atoms with Crippen molar-refractivity contribution in [1.82, 2.24) is 0 Å². The van der Waals surface area contributed by atoms with Gasteiger partial charge in [-0.25, -0.2) is 0 Å². The fourth-order valence-electron chi connectivity index (χ4n) is 1.98. The molecule has 0 unspecified atom stereocenters. The van der Waals surface area contributed by atoms with Crippen molar-refractivity contribution >= 4 is 11.4 Å². The molecule has 2 rings (SSSR count). The number of anilines is 2. The fraction of sp³-hybridized carbons (Fsp3) is 0.200. The molecule has 0 aromatic heterocycles. The van der Waals surface area contributed by atoms with Crippen molar-refractivity contribution in [3.8, 4) is 0 Å². The van der Waals surface area contributed by atoms with Gasteiger partial charge in [0.15, 0.2) is 0 Å². The summed E-state index contributed by atoms with van der Waals surface area (Å²) in [5.41, 5.74) is 11.5. The quantitative estimate of drug-likeness (QED) is 0.786. The van der Waals surface area contributed by atoms with E-state index in [2.05, 4.69) is 43.4 Å². The van der Waals surface area contributed by atoms with Crippen LogP contribution in [-0.4, -0.2) is 0 Å². The molecule has 0 saturated carbocycles. The third kappa shape index (κ3) is 3.25. The fourth-order valence-corrected chi connectivity index (χ4v) is 1.98. The Bertz CT molecular complexity index is 498. The molecule has 17 heavy (non-hydrogen) atoms. The molecule has 0 heterocycles. The van der Waals surface area contributed by atoms with E-state index in [1.165, 1.54) is 16.7 Å². The van der Waals surface area contributed by atoms with Crippen LogP contribution in [0.1, 0.15) is 16.7 Å². The van der Waals surface area contributed by atoms with Crippen LogP contribution in [0.5, 0.6) is 0 Å². The van der Waals surface area contributed by atoms with Crippen molar-refractivity contribution < 1.29 is 0 Å². The summed E-state index contributed by atoms with van der Waals surface area (Å²) in [5.74, 6) is 0. The Morgan fingerprint density at radius 2 is 1.71 bits per heavy atom. The third-order valence-electron chi connectivity index (χ3n) is 2.67. The molecule has 0 amide bonds. The molecule has 88 valence electrons. The van der Waals surface area contributed by atoms with Crippen molar-refractivity contribution in [2.45, 2.75) is 20.4 Å². The Morgan fingerprint density at radius 1 is 1.00 bits per heavy atom.